The number of hydrogen-bond acceptors (Lipinski definition) is 4. The smallest absolute Gasteiger partial charge is 0.287 e. The first-order chi connectivity index (χ1) is 8.00. The number of nitrogens with one attached hydrogen (secondary N) is 1. The minimum Gasteiger partial charge on any atom is -0.456 e. The molecule has 0 aliphatic carbocycles. The molecule has 0 radical (unpaired) electrons. The van der Waals surface area contributed by atoms with Crippen LogP contribution in [0.1, 0.15) is 29.7 Å². The summed E-state index contributed by atoms with van der Waals surface area (Å²) < 4.78 is 27.8. The molecule has 0 bridgehead atoms. The predicted octanol–water partition coefficient (Wildman–Crippen LogP) is 0.759. The van der Waals surface area contributed by atoms with Crippen molar-refractivity contribution >= 4 is 15.7 Å². The predicted molar refractivity (Wildman–Crippen MR) is 62.6 cm³/mol. The van der Waals surface area contributed by atoms with E-state index in [9.17, 15) is 13.2 Å². The normalized spacial score (nSPS) is 22.5. The Balaban J connectivity index is 1.98. The Morgan fingerprint density at radius 2 is 2.29 bits per heavy atom. The highest BCUT2D eigenvalue weighted by molar-refractivity contribution is 7.91. The maximum Gasteiger partial charge on any atom is 0.287 e. The topological polar surface area (TPSA) is 76.4 Å². The monoisotopic (exact) mass is 257 g/mol. The summed E-state index contributed by atoms with van der Waals surface area (Å²) in [6, 6.07) is 3.07. The lowest BCUT2D eigenvalue weighted by Crippen LogP contribution is -2.35. The number of hydrogen-bond donors (Lipinski definition) is 1. The SMILES string of the molecule is CCc1ccc(C(=O)NC2CCS(=O)(=O)C2)o1. The van der Waals surface area contributed by atoms with Gasteiger partial charge < -0.3 is 9.73 Å². The molecule has 1 amide bonds. The average Bonchev–Trinajstić information content (AvgIpc) is 2.85. The summed E-state index contributed by atoms with van der Waals surface area (Å²) >= 11 is 0. The van der Waals surface area contributed by atoms with Gasteiger partial charge in [0.2, 0.25) is 0 Å². The van der Waals surface area contributed by atoms with E-state index in [1.165, 1.54) is 0 Å². The zero-order valence-corrected chi connectivity index (χ0v) is 10.4. The Labute approximate surface area is 100 Å². The molecule has 1 N–H and O–H groups in total. The summed E-state index contributed by atoms with van der Waals surface area (Å²) in [6.07, 6.45) is 1.21. The van der Waals surface area contributed by atoms with Crippen LogP contribution in [0.5, 0.6) is 0 Å². The van der Waals surface area contributed by atoms with Crippen molar-refractivity contribution in [3.05, 3.63) is 23.7 Å². The molecular formula is C11H15NO4S. The summed E-state index contributed by atoms with van der Waals surface area (Å²) in [5.41, 5.74) is 0. The van der Waals surface area contributed by atoms with Gasteiger partial charge >= 0.3 is 0 Å². The fourth-order valence-corrected chi connectivity index (χ4v) is 3.53. The first kappa shape index (κ1) is 12.2. The van der Waals surface area contributed by atoms with Crippen LogP contribution in [0.2, 0.25) is 0 Å². The highest BCUT2D eigenvalue weighted by Gasteiger charge is 2.29. The third-order valence-electron chi connectivity index (χ3n) is 2.80. The van der Waals surface area contributed by atoms with Crippen LogP contribution >= 0.6 is 0 Å². The van der Waals surface area contributed by atoms with Gasteiger partial charge in [-0.15, -0.1) is 0 Å². The van der Waals surface area contributed by atoms with E-state index in [0.717, 1.165) is 12.2 Å². The van der Waals surface area contributed by atoms with E-state index in [-0.39, 0.29) is 29.2 Å². The first-order valence-electron chi connectivity index (χ1n) is 5.60. The fraction of sp³-hybridized carbons (Fsp3) is 0.545. The van der Waals surface area contributed by atoms with Crippen molar-refractivity contribution in [3.8, 4) is 0 Å². The van der Waals surface area contributed by atoms with E-state index in [4.69, 9.17) is 4.42 Å². The van der Waals surface area contributed by atoms with E-state index >= 15 is 0 Å². The molecular weight excluding hydrogens is 242 g/mol. The van der Waals surface area contributed by atoms with Gasteiger partial charge in [0.25, 0.3) is 5.91 Å². The summed E-state index contributed by atoms with van der Waals surface area (Å²) in [7, 11) is -2.97. The number of amides is 1. The minimum atomic E-state index is -2.97. The number of sulfone groups is 1. The maximum atomic E-state index is 11.7. The average molecular weight is 257 g/mol. The van der Waals surface area contributed by atoms with Crippen molar-refractivity contribution < 1.29 is 17.6 Å². The summed E-state index contributed by atoms with van der Waals surface area (Å²) in [6.45, 7) is 1.93. The van der Waals surface area contributed by atoms with Crippen molar-refractivity contribution in [1.29, 1.82) is 0 Å². The van der Waals surface area contributed by atoms with Gasteiger partial charge in [-0.3, -0.25) is 4.79 Å². The van der Waals surface area contributed by atoms with Crippen LogP contribution in [0, 0.1) is 0 Å². The Morgan fingerprint density at radius 1 is 1.53 bits per heavy atom. The molecule has 6 heteroatoms. The molecule has 2 rings (SSSR count). The standard InChI is InChI=1S/C11H15NO4S/c1-2-9-3-4-10(16-9)11(13)12-8-5-6-17(14,15)7-8/h3-4,8H,2,5-7H2,1H3,(H,12,13). The molecule has 1 aromatic heterocycles. The Hall–Kier alpha value is -1.30. The van der Waals surface area contributed by atoms with Crippen molar-refractivity contribution in [2.24, 2.45) is 0 Å². The van der Waals surface area contributed by atoms with Crippen molar-refractivity contribution in [2.45, 2.75) is 25.8 Å². The molecule has 1 aromatic rings. The second-order valence-corrected chi connectivity index (χ2v) is 6.42. The van der Waals surface area contributed by atoms with Crippen LogP contribution in [-0.4, -0.2) is 31.9 Å². The van der Waals surface area contributed by atoms with Gasteiger partial charge in [-0.2, -0.15) is 0 Å². The molecule has 1 aliphatic rings. The number of rotatable bonds is 3. The summed E-state index contributed by atoms with van der Waals surface area (Å²) in [4.78, 5) is 11.7. The molecule has 1 aliphatic heterocycles. The van der Waals surface area contributed by atoms with Gasteiger partial charge in [-0.1, -0.05) is 6.92 Å². The van der Waals surface area contributed by atoms with Crippen LogP contribution < -0.4 is 5.32 Å². The maximum absolute atomic E-state index is 11.7. The van der Waals surface area contributed by atoms with Crippen molar-refractivity contribution in [1.82, 2.24) is 5.32 Å². The van der Waals surface area contributed by atoms with Crippen molar-refractivity contribution in [3.63, 3.8) is 0 Å². The zero-order valence-electron chi connectivity index (χ0n) is 9.60. The van der Waals surface area contributed by atoms with Crippen LogP contribution in [0.25, 0.3) is 0 Å². The Bertz CT molecular complexity index is 517. The van der Waals surface area contributed by atoms with Gasteiger partial charge in [0, 0.05) is 12.5 Å². The van der Waals surface area contributed by atoms with Gasteiger partial charge in [0.1, 0.15) is 5.76 Å². The van der Waals surface area contributed by atoms with Crippen LogP contribution in [0.4, 0.5) is 0 Å². The molecule has 1 fully saturated rings. The van der Waals surface area contributed by atoms with Crippen LogP contribution in [0.15, 0.2) is 16.5 Å². The van der Waals surface area contributed by atoms with Crippen LogP contribution in [-0.2, 0) is 16.3 Å². The molecule has 0 aromatic carbocycles. The van der Waals surface area contributed by atoms with Gasteiger partial charge in [0.05, 0.1) is 11.5 Å². The lowest BCUT2D eigenvalue weighted by molar-refractivity contribution is 0.0911. The highest BCUT2D eigenvalue weighted by Crippen LogP contribution is 2.13. The lowest BCUT2D eigenvalue weighted by Gasteiger charge is -2.08. The van der Waals surface area contributed by atoms with E-state index in [0.29, 0.717) is 6.42 Å². The Morgan fingerprint density at radius 3 is 2.82 bits per heavy atom. The zero-order chi connectivity index (χ0) is 12.5. The highest BCUT2D eigenvalue weighted by atomic mass is 32.2. The summed E-state index contributed by atoms with van der Waals surface area (Å²) in [5, 5.41) is 2.68. The quantitative estimate of drug-likeness (QED) is 0.867. The van der Waals surface area contributed by atoms with Gasteiger partial charge in [-0.25, -0.2) is 8.42 Å². The van der Waals surface area contributed by atoms with Crippen molar-refractivity contribution in [2.75, 3.05) is 11.5 Å². The third kappa shape index (κ3) is 2.88. The number of carbonyl (C=O) groups excluding carboxylic acids is 1. The molecule has 1 saturated heterocycles. The van der Waals surface area contributed by atoms with E-state index < -0.39 is 9.84 Å². The number of aryl methyl sites for hydroxylation is 1. The second kappa shape index (κ2) is 4.52. The summed E-state index contributed by atoms with van der Waals surface area (Å²) in [5.74, 6) is 0.822. The fourth-order valence-electron chi connectivity index (χ4n) is 1.86. The van der Waals surface area contributed by atoms with E-state index in [1.54, 1.807) is 12.1 Å². The molecule has 1 unspecified atom stereocenters. The van der Waals surface area contributed by atoms with Crippen LogP contribution in [0.3, 0.4) is 0 Å². The molecule has 0 spiro atoms. The molecule has 17 heavy (non-hydrogen) atoms. The van der Waals surface area contributed by atoms with Gasteiger partial charge in [0.15, 0.2) is 15.6 Å². The minimum absolute atomic E-state index is 0.0279. The first-order valence-corrected chi connectivity index (χ1v) is 7.42. The van der Waals surface area contributed by atoms with E-state index in [1.807, 2.05) is 6.92 Å². The lowest BCUT2D eigenvalue weighted by atomic mass is 10.2. The molecule has 2 heterocycles. The second-order valence-electron chi connectivity index (χ2n) is 4.19. The molecule has 1 atom stereocenters. The third-order valence-corrected chi connectivity index (χ3v) is 4.57. The molecule has 0 saturated carbocycles. The molecule has 5 nitrogen and oxygen atoms in total. The molecule has 94 valence electrons. The number of furan rings is 1. The number of carbonyl (C=O) groups is 1. The van der Waals surface area contributed by atoms with E-state index in [2.05, 4.69) is 5.32 Å². The largest absolute Gasteiger partial charge is 0.456 e. The Kier molecular flexibility index (Phi) is 3.24. The van der Waals surface area contributed by atoms with Gasteiger partial charge in [-0.05, 0) is 18.6 Å².